The molecule has 0 radical (unpaired) electrons. The van der Waals surface area contributed by atoms with Gasteiger partial charge in [-0.3, -0.25) is 15.0 Å². The molecular weight excluding hydrogens is 392 g/mol. The number of rotatable bonds is 7. The Balaban J connectivity index is 1.64. The van der Waals surface area contributed by atoms with Crippen LogP contribution in [0.1, 0.15) is 24.2 Å². The number of hydrogen-bond donors (Lipinski definition) is 2. The molecule has 2 N–H and O–H groups in total. The van der Waals surface area contributed by atoms with Crippen LogP contribution >= 0.6 is 0 Å². The molecule has 1 atom stereocenters. The first-order valence-electron chi connectivity index (χ1n) is 8.84. The van der Waals surface area contributed by atoms with Crippen molar-refractivity contribution in [1.82, 2.24) is 10.3 Å². The fraction of sp³-hybridized carbons (Fsp3) is 0.143. The van der Waals surface area contributed by atoms with E-state index in [-0.39, 0.29) is 16.2 Å². The number of hydrazine groups is 1. The summed E-state index contributed by atoms with van der Waals surface area (Å²) in [7, 11) is -4.04. The molecule has 0 saturated carbocycles. The van der Waals surface area contributed by atoms with Gasteiger partial charge in [0.25, 0.3) is 15.9 Å². The van der Waals surface area contributed by atoms with Crippen molar-refractivity contribution < 1.29 is 22.7 Å². The molecule has 0 bridgehead atoms. The van der Waals surface area contributed by atoms with Crippen molar-refractivity contribution in [2.45, 2.75) is 24.8 Å². The third-order valence-electron chi connectivity index (χ3n) is 4.26. The maximum atomic E-state index is 12.4. The Morgan fingerprint density at radius 3 is 2.38 bits per heavy atom. The molecule has 3 rings (SSSR count). The smallest absolute Gasteiger partial charge is 0.275 e. The highest BCUT2D eigenvalue weighted by atomic mass is 32.2. The molecule has 0 aliphatic rings. The van der Waals surface area contributed by atoms with E-state index in [4.69, 9.17) is 4.74 Å². The van der Waals surface area contributed by atoms with Crippen LogP contribution in [0.5, 0.6) is 5.75 Å². The van der Waals surface area contributed by atoms with E-state index in [9.17, 15) is 18.0 Å². The summed E-state index contributed by atoms with van der Waals surface area (Å²) < 4.78 is 30.3. The van der Waals surface area contributed by atoms with Gasteiger partial charge in [0.2, 0.25) is 0 Å². The molecule has 0 saturated heterocycles. The second-order valence-electron chi connectivity index (χ2n) is 6.45. The number of ether oxygens (including phenoxy) is 1. The number of sulfonamides is 1. The number of carbonyl (C=O) groups is 2. The summed E-state index contributed by atoms with van der Waals surface area (Å²) in [6.07, 6.45) is -0.942. The van der Waals surface area contributed by atoms with E-state index >= 15 is 0 Å². The van der Waals surface area contributed by atoms with E-state index in [0.717, 1.165) is 10.8 Å². The second-order valence-corrected chi connectivity index (χ2v) is 8.13. The highest BCUT2D eigenvalue weighted by Crippen LogP contribution is 2.21. The Hall–Kier alpha value is -3.23. The molecule has 3 aromatic rings. The average molecular weight is 412 g/mol. The molecule has 29 heavy (non-hydrogen) atoms. The fourth-order valence-electron chi connectivity index (χ4n) is 2.66. The van der Waals surface area contributed by atoms with Crippen molar-refractivity contribution in [3.8, 4) is 5.75 Å². The van der Waals surface area contributed by atoms with Gasteiger partial charge >= 0.3 is 0 Å². The zero-order valence-electron chi connectivity index (χ0n) is 15.9. The van der Waals surface area contributed by atoms with Gasteiger partial charge in [0, 0.05) is 5.56 Å². The lowest BCUT2D eigenvalue weighted by Crippen LogP contribution is -2.47. The predicted molar refractivity (Wildman–Crippen MR) is 109 cm³/mol. The van der Waals surface area contributed by atoms with Crippen LogP contribution in [0.4, 0.5) is 0 Å². The third kappa shape index (κ3) is 4.98. The van der Waals surface area contributed by atoms with Gasteiger partial charge < -0.3 is 4.74 Å². The van der Waals surface area contributed by atoms with E-state index in [1.165, 1.54) is 38.1 Å². The van der Waals surface area contributed by atoms with E-state index in [2.05, 4.69) is 5.43 Å². The van der Waals surface area contributed by atoms with Gasteiger partial charge in [0.15, 0.2) is 11.9 Å². The lowest BCUT2D eigenvalue weighted by atomic mass is 10.1. The minimum absolute atomic E-state index is 0.131. The van der Waals surface area contributed by atoms with Gasteiger partial charge in [-0.2, -0.15) is 0 Å². The average Bonchev–Trinajstić information content (AvgIpc) is 2.72. The second kappa shape index (κ2) is 8.42. The molecule has 0 aliphatic heterocycles. The minimum atomic E-state index is -4.04. The summed E-state index contributed by atoms with van der Waals surface area (Å²) in [5, 5.41) is 2.00. The van der Waals surface area contributed by atoms with Gasteiger partial charge in [-0.1, -0.05) is 42.5 Å². The first-order valence-corrected chi connectivity index (χ1v) is 10.3. The lowest BCUT2D eigenvalue weighted by Gasteiger charge is -2.16. The Morgan fingerprint density at radius 1 is 0.931 bits per heavy atom. The molecule has 0 spiro atoms. The predicted octanol–water partition coefficient (Wildman–Crippen LogP) is 2.82. The molecule has 0 fully saturated rings. The maximum absolute atomic E-state index is 12.4. The Morgan fingerprint density at radius 2 is 1.66 bits per heavy atom. The van der Waals surface area contributed by atoms with Crippen LogP contribution in [-0.2, 0) is 14.8 Å². The first kappa shape index (κ1) is 20.5. The lowest BCUT2D eigenvalue weighted by molar-refractivity contribution is -0.127. The van der Waals surface area contributed by atoms with Crippen molar-refractivity contribution >= 4 is 32.5 Å². The van der Waals surface area contributed by atoms with E-state index < -0.39 is 22.0 Å². The summed E-state index contributed by atoms with van der Waals surface area (Å²) in [5.41, 5.74) is 2.40. The Bertz CT molecular complexity index is 1170. The summed E-state index contributed by atoms with van der Waals surface area (Å²) in [6, 6.07) is 18.7. The van der Waals surface area contributed by atoms with Gasteiger partial charge in [0.05, 0.1) is 4.90 Å². The number of ketones is 1. The number of amides is 1. The number of fused-ring (bicyclic) bond motifs is 1. The van der Waals surface area contributed by atoms with Crippen LogP contribution in [0.2, 0.25) is 0 Å². The van der Waals surface area contributed by atoms with Crippen LogP contribution in [0.25, 0.3) is 10.8 Å². The zero-order chi connectivity index (χ0) is 21.0. The molecule has 3 aromatic carbocycles. The van der Waals surface area contributed by atoms with Crippen LogP contribution in [0.15, 0.2) is 71.6 Å². The van der Waals surface area contributed by atoms with Gasteiger partial charge in [-0.05, 0) is 48.9 Å². The standard InChI is InChI=1S/C21H20N2O5S/c1-14(24)17-8-5-9-20(13-17)29(26,27)23-22-21(25)15(2)28-19-11-10-16-6-3-4-7-18(16)12-19/h3-13,15,23H,1-2H3,(H,22,25)/t15-/m0/s1. The van der Waals surface area contributed by atoms with Crippen LogP contribution in [-0.4, -0.2) is 26.2 Å². The van der Waals surface area contributed by atoms with Gasteiger partial charge in [-0.15, -0.1) is 4.83 Å². The highest BCUT2D eigenvalue weighted by Gasteiger charge is 2.20. The molecule has 8 heteroatoms. The number of hydrogen-bond acceptors (Lipinski definition) is 5. The summed E-state index contributed by atoms with van der Waals surface area (Å²) >= 11 is 0. The highest BCUT2D eigenvalue weighted by molar-refractivity contribution is 7.89. The zero-order valence-corrected chi connectivity index (χ0v) is 16.7. The van der Waals surface area contributed by atoms with Crippen molar-refractivity contribution in [1.29, 1.82) is 0 Å². The fourth-order valence-corrected chi connectivity index (χ4v) is 3.55. The summed E-state index contributed by atoms with van der Waals surface area (Å²) in [4.78, 5) is 25.6. The summed E-state index contributed by atoms with van der Waals surface area (Å²) in [5.74, 6) is -0.434. The minimum Gasteiger partial charge on any atom is -0.481 e. The molecule has 7 nitrogen and oxygen atoms in total. The third-order valence-corrected chi connectivity index (χ3v) is 5.51. The molecule has 0 heterocycles. The van der Waals surface area contributed by atoms with Crippen LogP contribution in [0, 0.1) is 0 Å². The van der Waals surface area contributed by atoms with Crippen LogP contribution < -0.4 is 15.0 Å². The van der Waals surface area contributed by atoms with Crippen molar-refractivity contribution in [3.05, 3.63) is 72.3 Å². The van der Waals surface area contributed by atoms with Gasteiger partial charge in [-0.25, -0.2) is 8.42 Å². The number of benzene rings is 3. The molecule has 0 aliphatic carbocycles. The van der Waals surface area contributed by atoms with Crippen molar-refractivity contribution in [2.75, 3.05) is 0 Å². The van der Waals surface area contributed by atoms with Gasteiger partial charge in [0.1, 0.15) is 5.75 Å². The molecule has 0 aromatic heterocycles. The van der Waals surface area contributed by atoms with Crippen molar-refractivity contribution in [2.24, 2.45) is 0 Å². The van der Waals surface area contributed by atoms with E-state index in [0.29, 0.717) is 5.75 Å². The SMILES string of the molecule is CC(=O)c1cccc(S(=O)(=O)NNC(=O)[C@H](C)Oc2ccc3ccccc3c2)c1. The number of Topliss-reactive ketones (excluding diaryl/α,β-unsaturated/α-hetero) is 1. The monoisotopic (exact) mass is 412 g/mol. The molecule has 1 amide bonds. The first-order chi connectivity index (χ1) is 13.8. The maximum Gasteiger partial charge on any atom is 0.275 e. The quantitative estimate of drug-likeness (QED) is 0.459. The molecule has 150 valence electrons. The normalized spacial score (nSPS) is 12.3. The van der Waals surface area contributed by atoms with Crippen LogP contribution in [0.3, 0.4) is 0 Å². The molecule has 0 unspecified atom stereocenters. The molecular formula is C21H20N2O5S. The topological polar surface area (TPSA) is 102 Å². The number of nitrogens with one attached hydrogen (secondary N) is 2. The Kier molecular flexibility index (Phi) is 5.95. The Labute approximate surface area is 168 Å². The number of carbonyl (C=O) groups excluding carboxylic acids is 2. The van der Waals surface area contributed by atoms with E-state index in [1.54, 1.807) is 12.1 Å². The van der Waals surface area contributed by atoms with Crippen molar-refractivity contribution in [3.63, 3.8) is 0 Å². The summed E-state index contributed by atoms with van der Waals surface area (Å²) in [6.45, 7) is 2.85. The largest absolute Gasteiger partial charge is 0.481 e. The van der Waals surface area contributed by atoms with E-state index in [1.807, 2.05) is 35.2 Å².